The van der Waals surface area contributed by atoms with Crippen molar-refractivity contribution in [2.75, 3.05) is 7.11 Å². The lowest BCUT2D eigenvalue weighted by atomic mass is 10.0. The van der Waals surface area contributed by atoms with Gasteiger partial charge in [-0.2, -0.15) is 5.10 Å². The van der Waals surface area contributed by atoms with Crippen LogP contribution in [0.1, 0.15) is 39.5 Å². The Morgan fingerprint density at radius 2 is 1.52 bits per heavy atom. The smallest absolute Gasteiger partial charge is 0.251 e. The summed E-state index contributed by atoms with van der Waals surface area (Å²) in [5.41, 5.74) is 5.72. The predicted molar refractivity (Wildman–Crippen MR) is 165 cm³/mol. The number of hydrogen-bond donors (Lipinski definition) is 2. The van der Waals surface area contributed by atoms with Crippen molar-refractivity contribution in [3.8, 4) is 11.5 Å². The van der Waals surface area contributed by atoms with Crippen LogP contribution in [0.5, 0.6) is 11.5 Å². The second kappa shape index (κ2) is 13.8. The van der Waals surface area contributed by atoms with E-state index >= 15 is 0 Å². The SMILES string of the molecule is COc1cc(/C=N\NC(=O)C[C@H](NC(=O)c2ccccc2)c2ccccc2)ccc1OCc1cccc2ccccc12. The molecule has 0 unspecified atom stereocenters. The number of benzene rings is 5. The first-order chi connectivity index (χ1) is 20.6. The quantitative estimate of drug-likeness (QED) is 0.145. The van der Waals surface area contributed by atoms with Crippen molar-refractivity contribution >= 4 is 28.8 Å². The van der Waals surface area contributed by atoms with Gasteiger partial charge in [0, 0.05) is 5.56 Å². The van der Waals surface area contributed by atoms with Gasteiger partial charge in [0.05, 0.1) is 25.8 Å². The van der Waals surface area contributed by atoms with Crippen molar-refractivity contribution in [3.05, 3.63) is 144 Å². The monoisotopic (exact) mass is 557 g/mol. The number of carbonyl (C=O) groups excluding carboxylic acids is 2. The first-order valence-electron chi connectivity index (χ1n) is 13.6. The summed E-state index contributed by atoms with van der Waals surface area (Å²) in [6.07, 6.45) is 1.55. The first-order valence-corrected chi connectivity index (χ1v) is 13.6. The third kappa shape index (κ3) is 7.20. The van der Waals surface area contributed by atoms with Gasteiger partial charge in [-0.1, -0.05) is 91.0 Å². The molecule has 0 aliphatic carbocycles. The molecule has 0 saturated carbocycles. The van der Waals surface area contributed by atoms with Gasteiger partial charge in [0.25, 0.3) is 5.91 Å². The molecule has 0 fully saturated rings. The van der Waals surface area contributed by atoms with Gasteiger partial charge in [-0.25, -0.2) is 5.43 Å². The van der Waals surface area contributed by atoms with Crippen LogP contribution in [0.25, 0.3) is 10.8 Å². The topological polar surface area (TPSA) is 89.0 Å². The van der Waals surface area contributed by atoms with E-state index in [0.717, 1.165) is 27.5 Å². The maximum atomic E-state index is 12.8. The lowest BCUT2D eigenvalue weighted by Gasteiger charge is -2.18. The molecule has 0 heterocycles. The molecular weight excluding hydrogens is 526 g/mol. The highest BCUT2D eigenvalue weighted by molar-refractivity contribution is 5.94. The van der Waals surface area contributed by atoms with E-state index < -0.39 is 6.04 Å². The molecule has 0 aliphatic rings. The second-order valence-corrected chi connectivity index (χ2v) is 9.64. The van der Waals surface area contributed by atoms with E-state index in [1.54, 1.807) is 37.4 Å². The van der Waals surface area contributed by atoms with E-state index in [0.29, 0.717) is 23.7 Å². The Labute approximate surface area is 244 Å². The van der Waals surface area contributed by atoms with Crippen LogP contribution in [-0.4, -0.2) is 25.1 Å². The molecule has 2 N–H and O–H groups in total. The molecule has 0 saturated heterocycles. The van der Waals surface area contributed by atoms with Crippen molar-refractivity contribution in [1.82, 2.24) is 10.7 Å². The van der Waals surface area contributed by atoms with Gasteiger partial charge in [-0.05, 0) is 57.8 Å². The minimum atomic E-state index is -0.521. The molecule has 5 rings (SSSR count). The Morgan fingerprint density at radius 1 is 0.810 bits per heavy atom. The maximum Gasteiger partial charge on any atom is 0.251 e. The van der Waals surface area contributed by atoms with E-state index in [-0.39, 0.29) is 18.2 Å². The largest absolute Gasteiger partial charge is 0.493 e. The van der Waals surface area contributed by atoms with Gasteiger partial charge >= 0.3 is 0 Å². The molecule has 5 aromatic rings. The number of nitrogens with one attached hydrogen (secondary N) is 2. The standard InChI is InChI=1S/C35H31N3O4/c1-41-33-21-25(19-20-32(33)42-24-29-17-10-16-26-11-8-9-18-30(26)29)23-36-38-34(39)22-31(27-12-4-2-5-13-27)37-35(40)28-14-6-3-7-15-28/h2-21,23,31H,22,24H2,1H3,(H,37,40)(H,38,39)/b36-23-/t31-/m0/s1. The number of ether oxygens (including phenoxy) is 2. The zero-order valence-electron chi connectivity index (χ0n) is 23.2. The van der Waals surface area contributed by atoms with Gasteiger partial charge in [-0.15, -0.1) is 0 Å². The van der Waals surface area contributed by atoms with E-state index in [1.807, 2.05) is 72.8 Å². The molecule has 7 nitrogen and oxygen atoms in total. The second-order valence-electron chi connectivity index (χ2n) is 9.64. The lowest BCUT2D eigenvalue weighted by molar-refractivity contribution is -0.121. The molecule has 210 valence electrons. The predicted octanol–water partition coefficient (Wildman–Crippen LogP) is 6.44. The summed E-state index contributed by atoms with van der Waals surface area (Å²) in [5, 5.41) is 9.39. The Kier molecular flexibility index (Phi) is 9.21. The Bertz CT molecular complexity index is 1680. The molecule has 5 aromatic carbocycles. The summed E-state index contributed by atoms with van der Waals surface area (Å²) in [7, 11) is 1.58. The summed E-state index contributed by atoms with van der Waals surface area (Å²) < 4.78 is 11.6. The Morgan fingerprint density at radius 3 is 2.31 bits per heavy atom. The number of hydrazone groups is 1. The van der Waals surface area contributed by atoms with Crippen LogP contribution in [-0.2, 0) is 11.4 Å². The molecular formula is C35H31N3O4. The zero-order valence-corrected chi connectivity index (χ0v) is 23.2. The number of methoxy groups -OCH3 is 1. The summed E-state index contributed by atoms with van der Waals surface area (Å²) in [4.78, 5) is 25.6. The number of carbonyl (C=O) groups is 2. The van der Waals surface area contributed by atoms with Gasteiger partial charge in [0.2, 0.25) is 5.91 Å². The van der Waals surface area contributed by atoms with Gasteiger partial charge in [-0.3, -0.25) is 9.59 Å². The van der Waals surface area contributed by atoms with Crippen LogP contribution >= 0.6 is 0 Å². The number of rotatable bonds is 11. The molecule has 2 amide bonds. The normalized spacial score (nSPS) is 11.6. The van der Waals surface area contributed by atoms with Gasteiger partial charge in [0.15, 0.2) is 11.5 Å². The summed E-state index contributed by atoms with van der Waals surface area (Å²) in [6.45, 7) is 0.393. The molecule has 0 spiro atoms. The number of nitrogens with zero attached hydrogens (tertiary/aromatic N) is 1. The molecule has 0 radical (unpaired) electrons. The van der Waals surface area contributed by atoms with Crippen LogP contribution in [0.2, 0.25) is 0 Å². The summed E-state index contributed by atoms with van der Waals surface area (Å²) in [5.74, 6) is 0.566. The van der Waals surface area contributed by atoms with E-state index in [2.05, 4.69) is 34.0 Å². The van der Waals surface area contributed by atoms with Crippen molar-refractivity contribution in [2.45, 2.75) is 19.1 Å². The minimum Gasteiger partial charge on any atom is -0.493 e. The van der Waals surface area contributed by atoms with Crippen LogP contribution in [0.15, 0.2) is 126 Å². The number of hydrogen-bond acceptors (Lipinski definition) is 5. The van der Waals surface area contributed by atoms with Crippen LogP contribution in [0, 0.1) is 0 Å². The highest BCUT2D eigenvalue weighted by Gasteiger charge is 2.19. The van der Waals surface area contributed by atoms with Crippen LogP contribution in [0.4, 0.5) is 0 Å². The van der Waals surface area contributed by atoms with E-state index in [9.17, 15) is 9.59 Å². The fourth-order valence-electron chi connectivity index (χ4n) is 4.64. The average Bonchev–Trinajstić information content (AvgIpc) is 3.04. The molecule has 1 atom stereocenters. The highest BCUT2D eigenvalue weighted by atomic mass is 16.5. The minimum absolute atomic E-state index is 0.0180. The molecule has 0 aromatic heterocycles. The number of amides is 2. The Hall–Kier alpha value is -5.43. The third-order valence-electron chi connectivity index (χ3n) is 6.79. The fraction of sp³-hybridized carbons (Fsp3) is 0.114. The van der Waals surface area contributed by atoms with Gasteiger partial charge in [0.1, 0.15) is 6.61 Å². The van der Waals surface area contributed by atoms with Crippen molar-refractivity contribution in [1.29, 1.82) is 0 Å². The van der Waals surface area contributed by atoms with Crippen LogP contribution < -0.4 is 20.2 Å². The third-order valence-corrected chi connectivity index (χ3v) is 6.79. The fourth-order valence-corrected chi connectivity index (χ4v) is 4.64. The van der Waals surface area contributed by atoms with E-state index in [4.69, 9.17) is 9.47 Å². The zero-order chi connectivity index (χ0) is 29.1. The molecule has 0 bridgehead atoms. The average molecular weight is 558 g/mol. The van der Waals surface area contributed by atoms with Crippen molar-refractivity contribution in [2.24, 2.45) is 5.10 Å². The first kappa shape index (κ1) is 28.1. The highest BCUT2D eigenvalue weighted by Crippen LogP contribution is 2.29. The molecule has 0 aliphatic heterocycles. The van der Waals surface area contributed by atoms with Gasteiger partial charge < -0.3 is 14.8 Å². The number of fused-ring (bicyclic) bond motifs is 1. The molecule has 42 heavy (non-hydrogen) atoms. The van der Waals surface area contributed by atoms with Crippen LogP contribution in [0.3, 0.4) is 0 Å². The Balaban J connectivity index is 1.21. The van der Waals surface area contributed by atoms with Crippen molar-refractivity contribution in [3.63, 3.8) is 0 Å². The molecule has 7 heteroatoms. The van der Waals surface area contributed by atoms with Crippen molar-refractivity contribution < 1.29 is 19.1 Å². The maximum absolute atomic E-state index is 12.8. The summed E-state index contributed by atoms with van der Waals surface area (Å²) in [6, 6.07) is 37.6. The van der Waals surface area contributed by atoms with E-state index in [1.165, 1.54) is 6.21 Å². The lowest BCUT2D eigenvalue weighted by Crippen LogP contribution is -2.32. The summed E-state index contributed by atoms with van der Waals surface area (Å²) >= 11 is 0.